The molecule has 21 heavy (non-hydrogen) atoms. The van der Waals surface area contributed by atoms with E-state index < -0.39 is 5.97 Å². The monoisotopic (exact) mass is 285 g/mol. The van der Waals surface area contributed by atoms with Crippen LogP contribution in [0.25, 0.3) is 11.3 Å². The van der Waals surface area contributed by atoms with Gasteiger partial charge in [0.05, 0.1) is 6.54 Å². The van der Waals surface area contributed by atoms with Gasteiger partial charge in [-0.3, -0.25) is 4.98 Å². The Morgan fingerprint density at radius 2 is 2.14 bits per heavy atom. The van der Waals surface area contributed by atoms with Crippen LogP contribution < -0.4 is 0 Å². The van der Waals surface area contributed by atoms with Crippen molar-refractivity contribution in [2.24, 2.45) is 0 Å². The number of nitrogens with zero attached hydrogens (tertiary/aromatic N) is 5. The Balaban J connectivity index is 2.07. The van der Waals surface area contributed by atoms with E-state index in [0.29, 0.717) is 22.7 Å². The van der Waals surface area contributed by atoms with Gasteiger partial charge in [-0.2, -0.15) is 0 Å². The van der Waals surface area contributed by atoms with Crippen molar-refractivity contribution in [2.45, 2.75) is 13.5 Å². The van der Waals surface area contributed by atoms with E-state index in [2.05, 4.69) is 20.5 Å². The first-order valence-corrected chi connectivity index (χ1v) is 6.14. The molecule has 0 unspecified atom stereocenters. The summed E-state index contributed by atoms with van der Waals surface area (Å²) in [7, 11) is 0. The van der Waals surface area contributed by atoms with Crippen molar-refractivity contribution in [1.82, 2.24) is 25.1 Å². The van der Waals surface area contributed by atoms with Crippen molar-refractivity contribution in [3.05, 3.63) is 47.7 Å². The number of pyridine rings is 1. The van der Waals surface area contributed by atoms with Crippen molar-refractivity contribution < 1.29 is 14.4 Å². The Kier molecular flexibility index (Phi) is 3.19. The summed E-state index contributed by atoms with van der Waals surface area (Å²) >= 11 is 0. The molecule has 0 aliphatic rings. The Morgan fingerprint density at radius 3 is 2.76 bits per heavy atom. The molecule has 0 atom stereocenters. The molecule has 0 amide bonds. The lowest BCUT2D eigenvalue weighted by atomic mass is 10.1. The molecule has 0 radical (unpaired) electrons. The summed E-state index contributed by atoms with van der Waals surface area (Å²) < 4.78 is 6.48. The predicted octanol–water partition coefficient (Wildman–Crippen LogP) is 1.38. The van der Waals surface area contributed by atoms with Gasteiger partial charge in [0.2, 0.25) is 0 Å². The summed E-state index contributed by atoms with van der Waals surface area (Å²) in [6.45, 7) is 2.06. The number of hydrogen-bond acceptors (Lipinski definition) is 6. The number of aromatic carboxylic acids is 1. The van der Waals surface area contributed by atoms with E-state index in [1.807, 2.05) is 0 Å². The molecule has 8 heteroatoms. The summed E-state index contributed by atoms with van der Waals surface area (Å²) in [5.74, 6) is -0.460. The topological polar surface area (TPSA) is 107 Å². The maximum absolute atomic E-state index is 11.3. The van der Waals surface area contributed by atoms with Gasteiger partial charge in [-0.05, 0) is 19.1 Å². The van der Waals surface area contributed by atoms with Crippen LogP contribution in [0.1, 0.15) is 21.9 Å². The fraction of sp³-hybridized carbons (Fsp3) is 0.154. The van der Waals surface area contributed by atoms with Crippen LogP contribution in [-0.2, 0) is 6.54 Å². The van der Waals surface area contributed by atoms with Crippen molar-refractivity contribution in [3.63, 3.8) is 0 Å². The standard InChI is InChI=1S/C13H11N5O3/c1-8-6-10(16-21-8)7-18-12(9-2-4-14-5-3-9)11(13(19)20)15-17-18/h2-6H,7H2,1H3,(H,19,20). The van der Waals surface area contributed by atoms with Crippen molar-refractivity contribution in [2.75, 3.05) is 0 Å². The zero-order valence-corrected chi connectivity index (χ0v) is 11.1. The van der Waals surface area contributed by atoms with Gasteiger partial charge in [0.15, 0.2) is 5.69 Å². The van der Waals surface area contributed by atoms with E-state index in [9.17, 15) is 9.90 Å². The molecule has 0 spiro atoms. The molecule has 0 aliphatic carbocycles. The Morgan fingerprint density at radius 1 is 1.38 bits per heavy atom. The van der Waals surface area contributed by atoms with E-state index in [4.69, 9.17) is 4.52 Å². The van der Waals surface area contributed by atoms with E-state index >= 15 is 0 Å². The lowest BCUT2D eigenvalue weighted by Gasteiger charge is -2.05. The van der Waals surface area contributed by atoms with E-state index in [1.54, 1.807) is 37.5 Å². The highest BCUT2D eigenvalue weighted by Gasteiger charge is 2.21. The third-order valence-corrected chi connectivity index (χ3v) is 2.88. The average Bonchev–Trinajstić information content (AvgIpc) is 3.07. The van der Waals surface area contributed by atoms with Gasteiger partial charge < -0.3 is 9.63 Å². The molecule has 106 valence electrons. The van der Waals surface area contributed by atoms with Crippen LogP contribution in [0.3, 0.4) is 0 Å². The molecule has 0 aliphatic heterocycles. The number of carboxylic acid groups (broad SMARTS) is 1. The van der Waals surface area contributed by atoms with E-state index in [0.717, 1.165) is 0 Å². The number of aromatic nitrogens is 5. The van der Waals surface area contributed by atoms with Gasteiger partial charge >= 0.3 is 5.97 Å². The molecular weight excluding hydrogens is 274 g/mol. The molecule has 0 saturated carbocycles. The SMILES string of the molecule is Cc1cc(Cn2nnc(C(=O)O)c2-c2ccncc2)no1. The highest BCUT2D eigenvalue weighted by atomic mass is 16.5. The molecule has 3 aromatic heterocycles. The Bertz CT molecular complexity index is 778. The first-order chi connectivity index (χ1) is 10.1. The van der Waals surface area contributed by atoms with Crippen LogP contribution in [0.5, 0.6) is 0 Å². The first kappa shape index (κ1) is 13.0. The first-order valence-electron chi connectivity index (χ1n) is 6.14. The summed E-state index contributed by atoms with van der Waals surface area (Å²) in [6, 6.07) is 5.17. The quantitative estimate of drug-likeness (QED) is 0.771. The minimum atomic E-state index is -1.13. The van der Waals surface area contributed by atoms with Crippen LogP contribution in [0.4, 0.5) is 0 Å². The lowest BCUT2D eigenvalue weighted by molar-refractivity contribution is 0.0691. The molecule has 0 saturated heterocycles. The van der Waals surface area contributed by atoms with Crippen molar-refractivity contribution in [3.8, 4) is 11.3 Å². The lowest BCUT2D eigenvalue weighted by Crippen LogP contribution is -2.06. The fourth-order valence-corrected chi connectivity index (χ4v) is 2.01. The molecule has 0 aromatic carbocycles. The molecule has 0 bridgehead atoms. The molecular formula is C13H11N5O3. The highest BCUT2D eigenvalue weighted by molar-refractivity contribution is 5.92. The Hall–Kier alpha value is -3.03. The zero-order valence-electron chi connectivity index (χ0n) is 11.1. The normalized spacial score (nSPS) is 10.7. The number of hydrogen-bond donors (Lipinski definition) is 1. The van der Waals surface area contributed by atoms with E-state index in [-0.39, 0.29) is 12.2 Å². The fourth-order valence-electron chi connectivity index (χ4n) is 2.01. The summed E-state index contributed by atoms with van der Waals surface area (Å²) in [5.41, 5.74) is 1.62. The zero-order chi connectivity index (χ0) is 14.8. The maximum Gasteiger partial charge on any atom is 0.358 e. The molecule has 8 nitrogen and oxygen atoms in total. The highest BCUT2D eigenvalue weighted by Crippen LogP contribution is 2.22. The van der Waals surface area contributed by atoms with Gasteiger partial charge in [-0.25, -0.2) is 9.48 Å². The summed E-state index contributed by atoms with van der Waals surface area (Å²) in [5, 5.41) is 20.8. The van der Waals surface area contributed by atoms with E-state index in [1.165, 1.54) is 4.68 Å². The number of aryl methyl sites for hydroxylation is 1. The van der Waals surface area contributed by atoms with Gasteiger partial charge in [0, 0.05) is 24.0 Å². The number of rotatable bonds is 4. The van der Waals surface area contributed by atoms with Crippen LogP contribution in [0, 0.1) is 6.92 Å². The number of carbonyl (C=O) groups is 1. The predicted molar refractivity (Wildman–Crippen MR) is 70.6 cm³/mol. The van der Waals surface area contributed by atoms with Gasteiger partial charge in [-0.1, -0.05) is 10.4 Å². The third kappa shape index (κ3) is 2.50. The second-order valence-corrected chi connectivity index (χ2v) is 4.41. The molecule has 1 N–H and O–H groups in total. The second kappa shape index (κ2) is 5.16. The molecule has 3 aromatic rings. The van der Waals surface area contributed by atoms with Crippen molar-refractivity contribution >= 4 is 5.97 Å². The maximum atomic E-state index is 11.3. The van der Waals surface area contributed by atoms with Crippen LogP contribution >= 0.6 is 0 Å². The van der Waals surface area contributed by atoms with Crippen LogP contribution in [0.15, 0.2) is 35.1 Å². The van der Waals surface area contributed by atoms with Crippen molar-refractivity contribution in [1.29, 1.82) is 0 Å². The molecule has 0 fully saturated rings. The number of carboxylic acids is 1. The molecule has 3 heterocycles. The third-order valence-electron chi connectivity index (χ3n) is 2.88. The van der Waals surface area contributed by atoms with Crippen LogP contribution in [-0.4, -0.2) is 36.2 Å². The minimum Gasteiger partial charge on any atom is -0.476 e. The minimum absolute atomic E-state index is 0.110. The summed E-state index contributed by atoms with van der Waals surface area (Å²) in [6.07, 6.45) is 3.16. The second-order valence-electron chi connectivity index (χ2n) is 4.41. The van der Waals surface area contributed by atoms with Gasteiger partial charge in [0.25, 0.3) is 0 Å². The van der Waals surface area contributed by atoms with Crippen LogP contribution in [0.2, 0.25) is 0 Å². The summed E-state index contributed by atoms with van der Waals surface area (Å²) in [4.78, 5) is 15.2. The van der Waals surface area contributed by atoms with Gasteiger partial charge in [0.1, 0.15) is 17.1 Å². The smallest absolute Gasteiger partial charge is 0.358 e. The molecule has 3 rings (SSSR count). The van der Waals surface area contributed by atoms with Gasteiger partial charge in [-0.15, -0.1) is 5.10 Å². The average molecular weight is 285 g/mol. The largest absolute Gasteiger partial charge is 0.476 e. The Labute approximate surface area is 119 Å².